The number of piperazine rings is 1. The first-order chi connectivity index (χ1) is 17.7. The van der Waals surface area contributed by atoms with Crippen LogP contribution in [0.15, 0.2) is 42.7 Å². The third-order valence-electron chi connectivity index (χ3n) is 5.90. The van der Waals surface area contributed by atoms with Crippen molar-refractivity contribution in [3.8, 4) is 28.4 Å². The van der Waals surface area contributed by atoms with Crippen LogP contribution >= 0.6 is 0 Å². The quantitative estimate of drug-likeness (QED) is 0.436. The summed E-state index contributed by atoms with van der Waals surface area (Å²) in [6.07, 6.45) is 3.94. The number of carbonyl (C=O) groups excluding carboxylic acids is 1. The molecule has 2 aromatic heterocycles. The number of nitrogens with one attached hydrogen (secondary N) is 1. The monoisotopic (exact) mass is 528 g/mol. The van der Waals surface area contributed by atoms with Gasteiger partial charge in [0.15, 0.2) is 11.5 Å². The van der Waals surface area contributed by atoms with E-state index in [1.807, 2.05) is 21.8 Å². The largest absolute Gasteiger partial charge is 0.506 e. The highest BCUT2D eigenvalue weighted by Gasteiger charge is 2.23. The maximum absolute atomic E-state index is 11.9. The summed E-state index contributed by atoms with van der Waals surface area (Å²) in [5.41, 5.74) is 2.41. The lowest BCUT2D eigenvalue weighted by Gasteiger charge is -2.35. The van der Waals surface area contributed by atoms with Gasteiger partial charge >= 0.3 is 0 Å². The van der Waals surface area contributed by atoms with Crippen molar-refractivity contribution in [2.24, 2.45) is 0 Å². The van der Waals surface area contributed by atoms with Crippen molar-refractivity contribution in [1.82, 2.24) is 24.8 Å². The molecule has 13 heteroatoms. The van der Waals surface area contributed by atoms with E-state index in [4.69, 9.17) is 9.47 Å². The molecule has 4 rings (SSSR count). The number of hydrogen-bond donors (Lipinski definition) is 2. The number of aromatic nitrogens is 3. The summed E-state index contributed by atoms with van der Waals surface area (Å²) in [6, 6.07) is 8.55. The average molecular weight is 529 g/mol. The number of sulfonamides is 1. The van der Waals surface area contributed by atoms with Gasteiger partial charge in [0, 0.05) is 44.5 Å². The zero-order valence-corrected chi connectivity index (χ0v) is 21.5. The zero-order chi connectivity index (χ0) is 26.6. The van der Waals surface area contributed by atoms with Crippen LogP contribution in [0, 0.1) is 0 Å². The minimum absolute atomic E-state index is 0.0723. The lowest BCUT2D eigenvalue weighted by molar-refractivity contribution is 0.0976. The Kier molecular flexibility index (Phi) is 7.74. The molecule has 0 atom stereocenters. The average Bonchev–Trinajstić information content (AvgIpc) is 2.88. The second-order valence-electron chi connectivity index (χ2n) is 8.53. The molecule has 1 aliphatic rings. The van der Waals surface area contributed by atoms with Crippen LogP contribution in [0.2, 0.25) is 0 Å². The third-order valence-corrected chi connectivity index (χ3v) is 6.46. The minimum atomic E-state index is -3.68. The third kappa shape index (κ3) is 6.43. The lowest BCUT2D eigenvalue weighted by Crippen LogP contribution is -2.46. The number of aromatic hydroxyl groups is 1. The number of pyridine rings is 1. The van der Waals surface area contributed by atoms with Gasteiger partial charge in [0.25, 0.3) is 5.91 Å². The number of carbonyl (C=O) groups is 1. The molecule has 12 nitrogen and oxygen atoms in total. The molecule has 1 aromatic carbocycles. The molecule has 3 aromatic rings. The highest BCUT2D eigenvalue weighted by Crippen LogP contribution is 2.36. The molecule has 0 bridgehead atoms. The molecular weight excluding hydrogens is 500 g/mol. The summed E-state index contributed by atoms with van der Waals surface area (Å²) in [5, 5.41) is 17.8. The van der Waals surface area contributed by atoms with Crippen molar-refractivity contribution in [3.05, 3.63) is 54.0 Å². The standard InChI is InChI=1S/C24H28N6O6S/c1-35-21-11-16(17-10-18(31)14-25-13-17)12-22(36-2)19(21)15-29-6-8-30(9-7-29)23-5-4-20(26-27-23)24(32)28-37(3,33)34/h4-5,10-14,31H,6-9,15H2,1-3H3,(H,28,32). The van der Waals surface area contributed by atoms with Gasteiger partial charge in [-0.2, -0.15) is 0 Å². The molecule has 0 radical (unpaired) electrons. The predicted octanol–water partition coefficient (Wildman–Crippen LogP) is 1.27. The summed E-state index contributed by atoms with van der Waals surface area (Å²) in [5.74, 6) is 1.21. The van der Waals surface area contributed by atoms with Gasteiger partial charge < -0.3 is 19.5 Å². The maximum Gasteiger partial charge on any atom is 0.285 e. The van der Waals surface area contributed by atoms with E-state index in [1.54, 1.807) is 32.5 Å². The summed E-state index contributed by atoms with van der Waals surface area (Å²) in [6.45, 7) is 3.45. The first-order valence-corrected chi connectivity index (χ1v) is 13.3. The summed E-state index contributed by atoms with van der Waals surface area (Å²) < 4.78 is 35.7. The lowest BCUT2D eigenvalue weighted by atomic mass is 10.0. The SMILES string of the molecule is COc1cc(-c2cncc(O)c2)cc(OC)c1CN1CCN(c2ccc(C(=O)NS(C)(=O)=O)nn2)CC1. The molecule has 2 N–H and O–H groups in total. The molecule has 0 spiro atoms. The molecule has 1 amide bonds. The molecule has 0 aliphatic carbocycles. The number of hydrogen-bond acceptors (Lipinski definition) is 11. The van der Waals surface area contributed by atoms with Crippen LogP contribution in [-0.2, 0) is 16.6 Å². The molecule has 0 saturated carbocycles. The highest BCUT2D eigenvalue weighted by molar-refractivity contribution is 7.89. The van der Waals surface area contributed by atoms with Gasteiger partial charge in [-0.15, -0.1) is 10.2 Å². The highest BCUT2D eigenvalue weighted by atomic mass is 32.2. The van der Waals surface area contributed by atoms with E-state index in [-0.39, 0.29) is 11.4 Å². The van der Waals surface area contributed by atoms with E-state index in [1.165, 1.54) is 12.3 Å². The van der Waals surface area contributed by atoms with Crippen LogP contribution in [0.3, 0.4) is 0 Å². The molecule has 1 fully saturated rings. The van der Waals surface area contributed by atoms with Crippen LogP contribution in [0.4, 0.5) is 5.82 Å². The van der Waals surface area contributed by atoms with E-state index >= 15 is 0 Å². The number of ether oxygens (including phenoxy) is 2. The van der Waals surface area contributed by atoms with Gasteiger partial charge in [-0.25, -0.2) is 13.1 Å². The minimum Gasteiger partial charge on any atom is -0.506 e. The number of benzene rings is 1. The Morgan fingerprint density at radius 3 is 2.22 bits per heavy atom. The number of methoxy groups -OCH3 is 2. The zero-order valence-electron chi connectivity index (χ0n) is 20.7. The van der Waals surface area contributed by atoms with Gasteiger partial charge in [0.1, 0.15) is 17.2 Å². The number of rotatable bonds is 8. The maximum atomic E-state index is 11.9. The fourth-order valence-corrected chi connectivity index (χ4v) is 4.53. The molecule has 3 heterocycles. The van der Waals surface area contributed by atoms with Gasteiger partial charge in [-0.3, -0.25) is 14.7 Å². The van der Waals surface area contributed by atoms with Crippen molar-refractivity contribution in [3.63, 3.8) is 0 Å². The van der Waals surface area contributed by atoms with Gasteiger partial charge in [0.2, 0.25) is 10.0 Å². The first-order valence-electron chi connectivity index (χ1n) is 11.4. The van der Waals surface area contributed by atoms with Gasteiger partial charge in [-0.1, -0.05) is 0 Å². The Morgan fingerprint density at radius 1 is 1.00 bits per heavy atom. The summed E-state index contributed by atoms with van der Waals surface area (Å²) >= 11 is 0. The Balaban J connectivity index is 1.43. The van der Waals surface area contributed by atoms with Crippen LogP contribution in [-0.4, -0.2) is 86.2 Å². The summed E-state index contributed by atoms with van der Waals surface area (Å²) in [7, 11) is -0.456. The van der Waals surface area contributed by atoms with E-state index in [0.717, 1.165) is 36.0 Å². The predicted molar refractivity (Wildman–Crippen MR) is 136 cm³/mol. The van der Waals surface area contributed by atoms with Crippen molar-refractivity contribution in [2.45, 2.75) is 6.54 Å². The number of anilines is 1. The number of nitrogens with zero attached hydrogens (tertiary/aromatic N) is 5. The molecule has 1 saturated heterocycles. The topological polar surface area (TPSA) is 147 Å². The van der Waals surface area contributed by atoms with Gasteiger partial charge in [-0.05, 0) is 35.9 Å². The van der Waals surface area contributed by atoms with E-state index in [2.05, 4.69) is 20.1 Å². The molecule has 37 heavy (non-hydrogen) atoms. The molecule has 196 valence electrons. The van der Waals surface area contributed by atoms with Crippen LogP contribution in [0.25, 0.3) is 11.1 Å². The van der Waals surface area contributed by atoms with Crippen molar-refractivity contribution in [1.29, 1.82) is 0 Å². The second-order valence-corrected chi connectivity index (χ2v) is 10.3. The molecular formula is C24H28N6O6S. The van der Waals surface area contributed by atoms with Crippen molar-refractivity contribution in [2.75, 3.05) is 51.6 Å². The second kappa shape index (κ2) is 11.0. The van der Waals surface area contributed by atoms with Crippen LogP contribution in [0.1, 0.15) is 16.1 Å². The Hall–Kier alpha value is -3.97. The fourth-order valence-electron chi connectivity index (χ4n) is 4.09. The Morgan fingerprint density at radius 2 is 1.68 bits per heavy atom. The van der Waals surface area contributed by atoms with Gasteiger partial charge in [0.05, 0.1) is 32.2 Å². The Labute approximate surface area is 214 Å². The molecule has 1 aliphatic heterocycles. The summed E-state index contributed by atoms with van der Waals surface area (Å²) in [4.78, 5) is 20.3. The molecule has 0 unspecified atom stereocenters. The number of amides is 1. The smallest absolute Gasteiger partial charge is 0.285 e. The Bertz CT molecular complexity index is 1350. The van der Waals surface area contributed by atoms with Crippen molar-refractivity contribution >= 4 is 21.7 Å². The van der Waals surface area contributed by atoms with E-state index < -0.39 is 15.9 Å². The normalized spacial score (nSPS) is 14.3. The van der Waals surface area contributed by atoms with E-state index in [9.17, 15) is 18.3 Å². The fraction of sp³-hybridized carbons (Fsp3) is 0.333. The van der Waals surface area contributed by atoms with Crippen molar-refractivity contribution < 1.29 is 27.8 Å². The first kappa shape index (κ1) is 26.1. The van der Waals surface area contributed by atoms with Crippen LogP contribution in [0.5, 0.6) is 17.2 Å². The van der Waals surface area contributed by atoms with Crippen LogP contribution < -0.4 is 19.1 Å². The van der Waals surface area contributed by atoms with E-state index in [0.29, 0.717) is 37.0 Å².